The van der Waals surface area contributed by atoms with E-state index in [1.54, 1.807) is 0 Å². The maximum absolute atomic E-state index is 12.6. The Morgan fingerprint density at radius 1 is 0.857 bits per heavy atom. The molecule has 0 spiro atoms. The first-order chi connectivity index (χ1) is 17.1. The number of rotatable bonds is 8. The SMILES string of the molecule is CC(C)c1ccccc1-c1c(C(=O)O)n(CCCOc2cccc3ccccc23)c2ccccc12. The van der Waals surface area contributed by atoms with Gasteiger partial charge in [-0.1, -0.05) is 92.7 Å². The van der Waals surface area contributed by atoms with Crippen molar-refractivity contribution >= 4 is 27.6 Å². The minimum absolute atomic E-state index is 0.282. The minimum atomic E-state index is -0.912. The van der Waals surface area contributed by atoms with Crippen LogP contribution in [0.4, 0.5) is 0 Å². The van der Waals surface area contributed by atoms with Crippen LogP contribution in [0.5, 0.6) is 5.75 Å². The molecule has 0 unspecified atom stereocenters. The highest BCUT2D eigenvalue weighted by molar-refractivity contribution is 6.08. The van der Waals surface area contributed by atoms with E-state index in [2.05, 4.69) is 38.1 Å². The number of carbonyl (C=O) groups is 1. The molecule has 1 aromatic heterocycles. The monoisotopic (exact) mass is 463 g/mol. The summed E-state index contributed by atoms with van der Waals surface area (Å²) in [5.74, 6) is 0.222. The number of hydrogen-bond donors (Lipinski definition) is 1. The molecule has 4 heteroatoms. The van der Waals surface area contributed by atoms with Gasteiger partial charge in [-0.25, -0.2) is 4.79 Å². The molecule has 0 aliphatic carbocycles. The Kier molecular flexibility index (Phi) is 6.28. The van der Waals surface area contributed by atoms with Gasteiger partial charge in [0.25, 0.3) is 0 Å². The Bertz CT molecular complexity index is 1510. The Labute approximate surface area is 205 Å². The van der Waals surface area contributed by atoms with Crippen molar-refractivity contribution < 1.29 is 14.6 Å². The van der Waals surface area contributed by atoms with E-state index in [0.717, 1.165) is 44.1 Å². The normalized spacial score (nSPS) is 11.4. The highest BCUT2D eigenvalue weighted by atomic mass is 16.5. The fourth-order valence-electron chi connectivity index (χ4n) is 4.99. The smallest absolute Gasteiger partial charge is 0.353 e. The molecule has 0 aliphatic heterocycles. The second-order valence-electron chi connectivity index (χ2n) is 9.12. The second kappa shape index (κ2) is 9.67. The zero-order chi connectivity index (χ0) is 24.4. The Hall–Kier alpha value is -4.05. The maximum Gasteiger partial charge on any atom is 0.353 e. The van der Waals surface area contributed by atoms with Crippen molar-refractivity contribution in [1.82, 2.24) is 4.57 Å². The molecule has 0 fully saturated rings. The lowest BCUT2D eigenvalue weighted by Crippen LogP contribution is -2.12. The molecule has 35 heavy (non-hydrogen) atoms. The van der Waals surface area contributed by atoms with Crippen LogP contribution in [0, 0.1) is 0 Å². The number of nitrogens with zero attached hydrogens (tertiary/aromatic N) is 1. The largest absolute Gasteiger partial charge is 0.493 e. The Balaban J connectivity index is 1.49. The minimum Gasteiger partial charge on any atom is -0.493 e. The van der Waals surface area contributed by atoms with Gasteiger partial charge in [-0.2, -0.15) is 0 Å². The number of para-hydroxylation sites is 1. The molecule has 0 aliphatic rings. The predicted octanol–water partition coefficient (Wildman–Crippen LogP) is 7.75. The summed E-state index contributed by atoms with van der Waals surface area (Å²) in [5.41, 5.74) is 4.21. The van der Waals surface area contributed by atoms with Crippen LogP contribution in [-0.4, -0.2) is 22.2 Å². The average Bonchev–Trinajstić information content (AvgIpc) is 3.21. The van der Waals surface area contributed by atoms with E-state index in [1.807, 2.05) is 71.3 Å². The number of carboxylic acids is 1. The van der Waals surface area contributed by atoms with E-state index in [-0.39, 0.29) is 5.92 Å². The summed E-state index contributed by atoms with van der Waals surface area (Å²) >= 11 is 0. The lowest BCUT2D eigenvalue weighted by Gasteiger charge is -2.14. The van der Waals surface area contributed by atoms with Crippen LogP contribution < -0.4 is 4.74 Å². The van der Waals surface area contributed by atoms with Gasteiger partial charge in [0, 0.05) is 28.4 Å². The first-order valence-electron chi connectivity index (χ1n) is 12.1. The fourth-order valence-corrected chi connectivity index (χ4v) is 4.99. The number of fused-ring (bicyclic) bond motifs is 2. The van der Waals surface area contributed by atoms with Gasteiger partial charge in [-0.15, -0.1) is 0 Å². The highest BCUT2D eigenvalue weighted by Gasteiger charge is 2.25. The summed E-state index contributed by atoms with van der Waals surface area (Å²) in [4.78, 5) is 12.6. The third-order valence-corrected chi connectivity index (χ3v) is 6.56. The molecule has 5 aromatic rings. The summed E-state index contributed by atoms with van der Waals surface area (Å²) in [7, 11) is 0. The van der Waals surface area contributed by atoms with E-state index in [9.17, 15) is 9.90 Å². The molecular weight excluding hydrogens is 434 g/mol. The van der Waals surface area contributed by atoms with Crippen molar-refractivity contribution in [2.45, 2.75) is 32.7 Å². The lowest BCUT2D eigenvalue weighted by atomic mass is 9.91. The molecule has 0 saturated carbocycles. The van der Waals surface area contributed by atoms with Crippen molar-refractivity contribution in [1.29, 1.82) is 0 Å². The first kappa shape index (κ1) is 22.7. The lowest BCUT2D eigenvalue weighted by molar-refractivity contribution is 0.0686. The van der Waals surface area contributed by atoms with Crippen molar-refractivity contribution in [3.63, 3.8) is 0 Å². The molecule has 4 nitrogen and oxygen atoms in total. The molecular formula is C31H29NO3. The standard InChI is InChI=1S/C31H29NO3/c1-21(2)23-13-5-6-15-25(23)29-26-16-7-8-17-27(26)32(30(29)31(33)34)19-10-20-35-28-18-9-12-22-11-3-4-14-24(22)28/h3-9,11-18,21H,10,19-20H2,1-2H3,(H,33,34). The summed E-state index contributed by atoms with van der Waals surface area (Å²) in [6.07, 6.45) is 0.688. The number of carboxylic acid groups (broad SMARTS) is 1. The van der Waals surface area contributed by atoms with Crippen LogP contribution in [0.1, 0.15) is 42.2 Å². The van der Waals surface area contributed by atoms with Gasteiger partial charge in [0.1, 0.15) is 11.4 Å². The number of benzene rings is 4. The number of aryl methyl sites for hydroxylation is 1. The van der Waals surface area contributed by atoms with Gasteiger partial charge < -0.3 is 14.4 Å². The van der Waals surface area contributed by atoms with Crippen LogP contribution in [0.3, 0.4) is 0 Å². The van der Waals surface area contributed by atoms with Crippen molar-refractivity contribution in [2.24, 2.45) is 0 Å². The van der Waals surface area contributed by atoms with Gasteiger partial charge in [0.15, 0.2) is 0 Å². The average molecular weight is 464 g/mol. The predicted molar refractivity (Wildman–Crippen MR) is 142 cm³/mol. The fraction of sp³-hybridized carbons (Fsp3) is 0.194. The van der Waals surface area contributed by atoms with Crippen molar-refractivity contribution in [3.8, 4) is 16.9 Å². The zero-order valence-electron chi connectivity index (χ0n) is 20.1. The van der Waals surface area contributed by atoms with Gasteiger partial charge in [-0.3, -0.25) is 0 Å². The molecule has 5 rings (SSSR count). The van der Waals surface area contributed by atoms with Crippen molar-refractivity contribution in [3.05, 3.63) is 102 Å². The van der Waals surface area contributed by atoms with E-state index in [0.29, 0.717) is 25.3 Å². The molecule has 1 heterocycles. The summed E-state index contributed by atoms with van der Waals surface area (Å²) in [6, 6.07) is 30.3. The quantitative estimate of drug-likeness (QED) is 0.239. The topological polar surface area (TPSA) is 51.5 Å². The first-order valence-corrected chi connectivity index (χ1v) is 12.1. The molecule has 4 aromatic carbocycles. The van der Waals surface area contributed by atoms with Gasteiger partial charge in [0.05, 0.1) is 6.61 Å². The molecule has 0 radical (unpaired) electrons. The molecule has 176 valence electrons. The summed E-state index contributed by atoms with van der Waals surface area (Å²) < 4.78 is 8.08. The van der Waals surface area contributed by atoms with Crippen molar-refractivity contribution in [2.75, 3.05) is 6.61 Å². The maximum atomic E-state index is 12.6. The van der Waals surface area contributed by atoms with Crippen LogP contribution in [-0.2, 0) is 6.54 Å². The zero-order valence-corrected chi connectivity index (χ0v) is 20.1. The van der Waals surface area contributed by atoms with Crippen LogP contribution >= 0.6 is 0 Å². The summed E-state index contributed by atoms with van der Waals surface area (Å²) in [6.45, 7) is 5.33. The molecule has 1 N–H and O–H groups in total. The third-order valence-electron chi connectivity index (χ3n) is 6.56. The number of hydrogen-bond acceptors (Lipinski definition) is 2. The van der Waals surface area contributed by atoms with Crippen LogP contribution in [0.15, 0.2) is 91.0 Å². The van der Waals surface area contributed by atoms with E-state index >= 15 is 0 Å². The van der Waals surface area contributed by atoms with Gasteiger partial charge in [0.2, 0.25) is 0 Å². The Morgan fingerprint density at radius 2 is 1.54 bits per heavy atom. The molecule has 0 saturated heterocycles. The number of ether oxygens (including phenoxy) is 1. The highest BCUT2D eigenvalue weighted by Crippen LogP contribution is 2.39. The summed E-state index contributed by atoms with van der Waals surface area (Å²) in [5, 5.41) is 13.5. The van der Waals surface area contributed by atoms with Gasteiger partial charge >= 0.3 is 5.97 Å². The van der Waals surface area contributed by atoms with Crippen LogP contribution in [0.2, 0.25) is 0 Å². The number of aromatic nitrogens is 1. The molecule has 0 bridgehead atoms. The second-order valence-corrected chi connectivity index (χ2v) is 9.12. The number of aromatic carboxylic acids is 1. The van der Waals surface area contributed by atoms with Crippen LogP contribution in [0.25, 0.3) is 32.8 Å². The molecule has 0 amide bonds. The third kappa shape index (κ3) is 4.28. The van der Waals surface area contributed by atoms with Gasteiger partial charge in [-0.05, 0) is 41.0 Å². The molecule has 0 atom stereocenters. The van der Waals surface area contributed by atoms with E-state index in [1.165, 1.54) is 0 Å². The Morgan fingerprint density at radius 3 is 2.34 bits per heavy atom. The van der Waals surface area contributed by atoms with E-state index < -0.39 is 5.97 Å². The van der Waals surface area contributed by atoms with E-state index in [4.69, 9.17) is 4.74 Å².